The first-order chi connectivity index (χ1) is 26.2. The van der Waals surface area contributed by atoms with Gasteiger partial charge in [-0.3, -0.25) is 14.4 Å². The Kier molecular flexibility index (Phi) is 39.8. The molecule has 54 heavy (non-hydrogen) atoms. The summed E-state index contributed by atoms with van der Waals surface area (Å²) in [6, 6.07) is 0. The van der Waals surface area contributed by atoms with Gasteiger partial charge in [-0.2, -0.15) is 0 Å². The molecule has 0 unspecified atom stereocenters. The van der Waals surface area contributed by atoms with E-state index in [1.165, 1.54) is 148 Å². The minimum atomic E-state index is -0.760. The monoisotopic (exact) mass is 765 g/mol. The van der Waals surface area contributed by atoms with E-state index < -0.39 is 6.10 Å². The van der Waals surface area contributed by atoms with Crippen molar-refractivity contribution >= 4 is 17.9 Å². The minimum absolute atomic E-state index is 0.0651. The van der Waals surface area contributed by atoms with Crippen LogP contribution in [0.3, 0.4) is 0 Å². The molecule has 0 rings (SSSR count). The van der Waals surface area contributed by atoms with Gasteiger partial charge in [0.15, 0.2) is 6.10 Å². The summed E-state index contributed by atoms with van der Waals surface area (Å²) in [7, 11) is 0. The molecule has 0 bridgehead atoms. The number of carbonyl (C=O) groups excluding carboxylic acids is 3. The highest BCUT2D eigenvalue weighted by molar-refractivity contribution is 5.71. The van der Waals surface area contributed by atoms with E-state index in [0.29, 0.717) is 19.3 Å². The summed E-state index contributed by atoms with van der Waals surface area (Å²) in [5.74, 6) is 0.742. The normalized spacial score (nSPS) is 12.1. The Morgan fingerprint density at radius 3 is 0.907 bits per heavy atom. The molecule has 0 aliphatic heterocycles. The summed E-state index contributed by atoms with van der Waals surface area (Å²) in [5.41, 5.74) is 0. The highest BCUT2D eigenvalue weighted by Crippen LogP contribution is 2.17. The van der Waals surface area contributed by atoms with E-state index in [9.17, 15) is 14.4 Å². The molecule has 0 amide bonds. The van der Waals surface area contributed by atoms with Crippen LogP contribution in [0.2, 0.25) is 0 Å². The van der Waals surface area contributed by atoms with E-state index in [1.54, 1.807) is 0 Å². The van der Waals surface area contributed by atoms with Crippen LogP contribution in [0.1, 0.15) is 259 Å². The first-order valence-electron chi connectivity index (χ1n) is 23.7. The van der Waals surface area contributed by atoms with Gasteiger partial charge < -0.3 is 14.2 Å². The lowest BCUT2D eigenvalue weighted by molar-refractivity contribution is -0.167. The maximum absolute atomic E-state index is 12.7. The van der Waals surface area contributed by atoms with Gasteiger partial charge in [0.2, 0.25) is 0 Å². The SMILES string of the molecule is CCCCCCCCCCCCCC(=O)OC[C@H](COC(=O)CCCCCCCCC(C)C)OC(=O)CCCCCCCCCCCCCCCC(C)C. The van der Waals surface area contributed by atoms with E-state index in [1.807, 2.05) is 0 Å². The molecule has 0 aliphatic carbocycles. The molecule has 0 saturated heterocycles. The molecular formula is C48H92O6. The van der Waals surface area contributed by atoms with Crippen LogP contribution < -0.4 is 0 Å². The van der Waals surface area contributed by atoms with Crippen molar-refractivity contribution in [3.05, 3.63) is 0 Å². The van der Waals surface area contributed by atoms with E-state index in [4.69, 9.17) is 14.2 Å². The largest absolute Gasteiger partial charge is 0.462 e. The van der Waals surface area contributed by atoms with Crippen LogP contribution in [0.25, 0.3) is 0 Å². The van der Waals surface area contributed by atoms with Crippen LogP contribution in [0.15, 0.2) is 0 Å². The lowest BCUT2D eigenvalue weighted by atomic mass is 10.0. The van der Waals surface area contributed by atoms with Gasteiger partial charge >= 0.3 is 17.9 Å². The van der Waals surface area contributed by atoms with Crippen LogP contribution in [0.5, 0.6) is 0 Å². The second kappa shape index (κ2) is 41.1. The third-order valence-corrected chi connectivity index (χ3v) is 10.7. The van der Waals surface area contributed by atoms with Gasteiger partial charge in [-0.1, -0.05) is 221 Å². The van der Waals surface area contributed by atoms with Gasteiger partial charge in [-0.05, 0) is 31.1 Å². The summed E-state index contributed by atoms with van der Waals surface area (Å²) >= 11 is 0. The lowest BCUT2D eigenvalue weighted by Gasteiger charge is -2.18. The second-order valence-corrected chi connectivity index (χ2v) is 17.3. The first-order valence-corrected chi connectivity index (χ1v) is 23.7. The van der Waals surface area contributed by atoms with Crippen molar-refractivity contribution < 1.29 is 28.6 Å². The van der Waals surface area contributed by atoms with Crippen molar-refractivity contribution in [2.45, 2.75) is 265 Å². The highest BCUT2D eigenvalue weighted by atomic mass is 16.6. The number of unbranched alkanes of at least 4 members (excludes halogenated alkanes) is 27. The van der Waals surface area contributed by atoms with Gasteiger partial charge in [0.1, 0.15) is 13.2 Å². The molecule has 0 aromatic heterocycles. The lowest BCUT2D eigenvalue weighted by Crippen LogP contribution is -2.30. The molecule has 0 N–H and O–H groups in total. The molecule has 0 saturated carbocycles. The number of ether oxygens (including phenoxy) is 3. The Hall–Kier alpha value is -1.59. The number of esters is 3. The Morgan fingerprint density at radius 1 is 0.352 bits per heavy atom. The van der Waals surface area contributed by atoms with Gasteiger partial charge in [-0.15, -0.1) is 0 Å². The van der Waals surface area contributed by atoms with E-state index in [2.05, 4.69) is 34.6 Å². The average molecular weight is 765 g/mol. The van der Waals surface area contributed by atoms with Gasteiger partial charge in [-0.25, -0.2) is 0 Å². The standard InChI is InChI=1S/C48H92O6/c1-6-7-8-9-10-11-15-19-22-28-33-38-46(49)52-41-45(42-53-47(50)39-34-29-25-24-27-32-37-44(4)5)54-48(51)40-35-30-23-20-17-14-12-13-16-18-21-26-31-36-43(2)3/h43-45H,6-42H2,1-5H3/t45-/m1/s1. The number of carbonyl (C=O) groups is 3. The predicted octanol–water partition coefficient (Wildman–Crippen LogP) is 15.0. The Balaban J connectivity index is 4.29. The van der Waals surface area contributed by atoms with E-state index >= 15 is 0 Å². The zero-order valence-electron chi connectivity index (χ0n) is 36.8. The van der Waals surface area contributed by atoms with Crippen molar-refractivity contribution in [2.24, 2.45) is 11.8 Å². The molecule has 1 atom stereocenters. The quantitative estimate of drug-likeness (QED) is 0.0350. The minimum Gasteiger partial charge on any atom is -0.462 e. The zero-order valence-corrected chi connectivity index (χ0v) is 36.8. The first kappa shape index (κ1) is 52.4. The van der Waals surface area contributed by atoms with Crippen molar-refractivity contribution in [2.75, 3.05) is 13.2 Å². The second-order valence-electron chi connectivity index (χ2n) is 17.3. The molecule has 0 heterocycles. The molecule has 0 radical (unpaired) electrons. The van der Waals surface area contributed by atoms with Crippen LogP contribution in [0, 0.1) is 11.8 Å². The average Bonchev–Trinajstić information content (AvgIpc) is 3.14. The molecule has 6 heteroatoms. The number of hydrogen-bond acceptors (Lipinski definition) is 6. The molecule has 0 aromatic rings. The topological polar surface area (TPSA) is 78.9 Å². The highest BCUT2D eigenvalue weighted by Gasteiger charge is 2.19. The third kappa shape index (κ3) is 41.6. The fourth-order valence-electron chi connectivity index (χ4n) is 7.11. The zero-order chi connectivity index (χ0) is 39.7. The van der Waals surface area contributed by atoms with E-state index in [-0.39, 0.29) is 31.1 Å². The smallest absolute Gasteiger partial charge is 0.306 e. The van der Waals surface area contributed by atoms with Crippen LogP contribution >= 0.6 is 0 Å². The molecule has 320 valence electrons. The summed E-state index contributed by atoms with van der Waals surface area (Å²) in [5, 5.41) is 0. The summed E-state index contributed by atoms with van der Waals surface area (Å²) < 4.78 is 16.7. The van der Waals surface area contributed by atoms with E-state index in [0.717, 1.165) is 69.6 Å². The van der Waals surface area contributed by atoms with Crippen LogP contribution in [-0.2, 0) is 28.6 Å². The molecular weight excluding hydrogens is 673 g/mol. The molecule has 0 fully saturated rings. The van der Waals surface area contributed by atoms with Crippen molar-refractivity contribution in [3.8, 4) is 0 Å². The molecule has 6 nitrogen and oxygen atoms in total. The molecule has 0 spiro atoms. The molecule has 0 aromatic carbocycles. The Labute approximate surface area is 336 Å². The maximum Gasteiger partial charge on any atom is 0.306 e. The Bertz CT molecular complexity index is 824. The summed E-state index contributed by atoms with van der Waals surface area (Å²) in [6.07, 6.45) is 39.6. The van der Waals surface area contributed by atoms with Gasteiger partial charge in [0, 0.05) is 19.3 Å². The fourth-order valence-corrected chi connectivity index (χ4v) is 7.11. The third-order valence-electron chi connectivity index (χ3n) is 10.7. The summed E-state index contributed by atoms with van der Waals surface area (Å²) in [6.45, 7) is 11.3. The molecule has 0 aliphatic rings. The fraction of sp³-hybridized carbons (Fsp3) is 0.938. The summed E-state index contributed by atoms with van der Waals surface area (Å²) in [4.78, 5) is 37.7. The van der Waals surface area contributed by atoms with Gasteiger partial charge in [0.05, 0.1) is 0 Å². The van der Waals surface area contributed by atoms with Gasteiger partial charge in [0.25, 0.3) is 0 Å². The predicted molar refractivity (Wildman–Crippen MR) is 229 cm³/mol. The van der Waals surface area contributed by atoms with Crippen molar-refractivity contribution in [1.29, 1.82) is 0 Å². The Morgan fingerprint density at radius 2 is 0.611 bits per heavy atom. The van der Waals surface area contributed by atoms with Crippen LogP contribution in [-0.4, -0.2) is 37.2 Å². The number of rotatable bonds is 42. The van der Waals surface area contributed by atoms with Crippen LogP contribution in [0.4, 0.5) is 0 Å². The maximum atomic E-state index is 12.7. The van der Waals surface area contributed by atoms with Crippen molar-refractivity contribution in [1.82, 2.24) is 0 Å². The number of hydrogen-bond donors (Lipinski definition) is 0. The van der Waals surface area contributed by atoms with Crippen molar-refractivity contribution in [3.63, 3.8) is 0 Å².